The van der Waals surface area contributed by atoms with Gasteiger partial charge in [-0.25, -0.2) is 8.42 Å². The van der Waals surface area contributed by atoms with Crippen LogP contribution in [0.5, 0.6) is 0 Å². The van der Waals surface area contributed by atoms with Gasteiger partial charge in [0.2, 0.25) is 0 Å². The van der Waals surface area contributed by atoms with Crippen LogP contribution in [0.15, 0.2) is 0 Å². The van der Waals surface area contributed by atoms with Crippen LogP contribution in [0.2, 0.25) is 0 Å². The summed E-state index contributed by atoms with van der Waals surface area (Å²) in [6.07, 6.45) is 8.46. The van der Waals surface area contributed by atoms with E-state index < -0.39 is 9.84 Å². The highest BCUT2D eigenvalue weighted by Crippen LogP contribution is 2.25. The highest BCUT2D eigenvalue weighted by Gasteiger charge is 2.22. The van der Waals surface area contributed by atoms with Crippen molar-refractivity contribution in [1.82, 2.24) is 0 Å². The molecule has 1 aliphatic carbocycles. The number of rotatable bonds is 3. The van der Waals surface area contributed by atoms with Crippen molar-refractivity contribution in [3.05, 3.63) is 0 Å². The van der Waals surface area contributed by atoms with E-state index >= 15 is 0 Å². The predicted octanol–water partition coefficient (Wildman–Crippen LogP) is 1.33. The Morgan fingerprint density at radius 2 is 1.71 bits per heavy atom. The van der Waals surface area contributed by atoms with E-state index in [1.165, 1.54) is 31.9 Å². The summed E-state index contributed by atoms with van der Waals surface area (Å²) in [5.41, 5.74) is 5.92. The van der Waals surface area contributed by atoms with Crippen LogP contribution in [0.1, 0.15) is 38.5 Å². The van der Waals surface area contributed by atoms with E-state index in [0.717, 1.165) is 12.8 Å². The molecule has 1 aliphatic rings. The van der Waals surface area contributed by atoms with Gasteiger partial charge >= 0.3 is 0 Å². The molecule has 4 heteroatoms. The molecule has 1 fully saturated rings. The van der Waals surface area contributed by atoms with Crippen LogP contribution in [0.3, 0.4) is 0 Å². The van der Waals surface area contributed by atoms with Crippen molar-refractivity contribution < 1.29 is 8.42 Å². The maximum atomic E-state index is 11.1. The molecule has 1 rings (SSSR count). The minimum absolute atomic E-state index is 0.150. The first-order chi connectivity index (χ1) is 6.49. The Bertz CT molecular complexity index is 253. The lowest BCUT2D eigenvalue weighted by Gasteiger charge is -2.21. The second kappa shape index (κ2) is 5.12. The maximum absolute atomic E-state index is 11.1. The van der Waals surface area contributed by atoms with Gasteiger partial charge in [-0.15, -0.1) is 0 Å². The van der Waals surface area contributed by atoms with E-state index in [9.17, 15) is 8.42 Å². The van der Waals surface area contributed by atoms with Crippen molar-refractivity contribution >= 4 is 9.84 Å². The third-order valence-corrected chi connectivity index (χ3v) is 3.99. The lowest BCUT2D eigenvalue weighted by atomic mass is 9.94. The average molecular weight is 219 g/mol. The van der Waals surface area contributed by atoms with E-state index in [1.807, 2.05) is 0 Å². The molecule has 1 saturated carbocycles. The van der Waals surface area contributed by atoms with Crippen LogP contribution >= 0.6 is 0 Å². The Labute approximate surface area is 87.0 Å². The normalized spacial score (nSPS) is 23.0. The Morgan fingerprint density at radius 3 is 2.14 bits per heavy atom. The Balaban J connectivity index is 2.45. The van der Waals surface area contributed by atoms with Gasteiger partial charge in [0.1, 0.15) is 9.84 Å². The van der Waals surface area contributed by atoms with Crippen molar-refractivity contribution in [3.8, 4) is 0 Å². The van der Waals surface area contributed by atoms with Gasteiger partial charge in [0.05, 0.1) is 5.75 Å². The molecule has 0 bridgehead atoms. The van der Waals surface area contributed by atoms with Gasteiger partial charge in [-0.05, 0) is 18.8 Å². The predicted molar refractivity (Wildman–Crippen MR) is 58.9 cm³/mol. The van der Waals surface area contributed by atoms with Crippen molar-refractivity contribution in [1.29, 1.82) is 0 Å². The van der Waals surface area contributed by atoms with Gasteiger partial charge in [-0.1, -0.05) is 25.7 Å². The summed E-state index contributed by atoms with van der Waals surface area (Å²) in [5, 5.41) is 0. The van der Waals surface area contributed by atoms with Crippen molar-refractivity contribution in [3.63, 3.8) is 0 Å². The molecule has 2 N–H and O–H groups in total. The highest BCUT2D eigenvalue weighted by atomic mass is 32.2. The topological polar surface area (TPSA) is 60.2 Å². The molecule has 0 aromatic rings. The SMILES string of the molecule is CS(=O)(=O)CC(N)C1CCCCCC1. The summed E-state index contributed by atoms with van der Waals surface area (Å²) in [6.45, 7) is 0. The smallest absolute Gasteiger partial charge is 0.148 e. The van der Waals surface area contributed by atoms with Crippen molar-refractivity contribution in [2.45, 2.75) is 44.6 Å². The monoisotopic (exact) mass is 219 g/mol. The van der Waals surface area contributed by atoms with E-state index in [0.29, 0.717) is 5.92 Å². The number of hydrogen-bond donors (Lipinski definition) is 1. The summed E-state index contributed by atoms with van der Waals surface area (Å²) in [6, 6.07) is -0.150. The molecule has 0 amide bonds. The molecule has 0 radical (unpaired) electrons. The summed E-state index contributed by atoms with van der Waals surface area (Å²) in [5.74, 6) is 0.574. The third-order valence-electron chi connectivity index (χ3n) is 3.00. The Morgan fingerprint density at radius 1 is 1.21 bits per heavy atom. The van der Waals surface area contributed by atoms with Crippen LogP contribution in [-0.4, -0.2) is 26.5 Å². The highest BCUT2D eigenvalue weighted by molar-refractivity contribution is 7.90. The van der Waals surface area contributed by atoms with Gasteiger partial charge in [0, 0.05) is 12.3 Å². The molecule has 0 heterocycles. The molecule has 0 spiro atoms. The average Bonchev–Trinajstić information content (AvgIpc) is 2.27. The van der Waals surface area contributed by atoms with E-state index in [4.69, 9.17) is 5.73 Å². The van der Waals surface area contributed by atoms with Gasteiger partial charge in [0.25, 0.3) is 0 Å². The van der Waals surface area contributed by atoms with Crippen LogP contribution in [-0.2, 0) is 9.84 Å². The van der Waals surface area contributed by atoms with Crippen LogP contribution in [0.25, 0.3) is 0 Å². The zero-order valence-electron chi connectivity index (χ0n) is 8.91. The zero-order valence-corrected chi connectivity index (χ0v) is 9.72. The van der Waals surface area contributed by atoms with Crippen molar-refractivity contribution in [2.75, 3.05) is 12.0 Å². The maximum Gasteiger partial charge on any atom is 0.148 e. The number of hydrogen-bond acceptors (Lipinski definition) is 3. The molecule has 14 heavy (non-hydrogen) atoms. The van der Waals surface area contributed by atoms with Gasteiger partial charge in [-0.2, -0.15) is 0 Å². The van der Waals surface area contributed by atoms with Crippen molar-refractivity contribution in [2.24, 2.45) is 11.7 Å². The largest absolute Gasteiger partial charge is 0.327 e. The van der Waals surface area contributed by atoms with E-state index in [1.54, 1.807) is 0 Å². The summed E-state index contributed by atoms with van der Waals surface area (Å²) >= 11 is 0. The summed E-state index contributed by atoms with van der Waals surface area (Å²) in [7, 11) is -2.91. The molecular formula is C10H21NO2S. The first-order valence-corrected chi connectivity index (χ1v) is 7.48. The fraction of sp³-hybridized carbons (Fsp3) is 1.00. The lowest BCUT2D eigenvalue weighted by Crippen LogP contribution is -2.36. The molecule has 1 unspecified atom stereocenters. The lowest BCUT2D eigenvalue weighted by molar-refractivity contribution is 0.393. The van der Waals surface area contributed by atoms with Crippen LogP contribution < -0.4 is 5.73 Å². The van der Waals surface area contributed by atoms with E-state index in [-0.39, 0.29) is 11.8 Å². The molecule has 0 aromatic carbocycles. The fourth-order valence-corrected chi connectivity index (χ4v) is 3.20. The fourth-order valence-electron chi connectivity index (χ4n) is 2.22. The third kappa shape index (κ3) is 4.42. The molecule has 0 saturated heterocycles. The van der Waals surface area contributed by atoms with Crippen LogP contribution in [0.4, 0.5) is 0 Å². The van der Waals surface area contributed by atoms with E-state index in [2.05, 4.69) is 0 Å². The summed E-state index contributed by atoms with van der Waals surface area (Å²) in [4.78, 5) is 0. The quantitative estimate of drug-likeness (QED) is 0.728. The Kier molecular flexibility index (Phi) is 4.38. The van der Waals surface area contributed by atoms with Gasteiger partial charge in [0.15, 0.2) is 0 Å². The summed E-state index contributed by atoms with van der Waals surface area (Å²) < 4.78 is 22.2. The zero-order chi connectivity index (χ0) is 10.6. The second-order valence-corrected chi connectivity index (χ2v) is 6.69. The number of nitrogens with two attached hydrogens (primary N) is 1. The molecule has 3 nitrogen and oxygen atoms in total. The minimum atomic E-state index is -2.91. The molecular weight excluding hydrogens is 198 g/mol. The molecule has 0 aromatic heterocycles. The molecule has 0 aliphatic heterocycles. The van der Waals surface area contributed by atoms with Gasteiger partial charge < -0.3 is 5.73 Å². The number of sulfone groups is 1. The first kappa shape index (κ1) is 12.0. The first-order valence-electron chi connectivity index (χ1n) is 5.42. The molecule has 1 atom stereocenters. The van der Waals surface area contributed by atoms with Gasteiger partial charge in [-0.3, -0.25) is 0 Å². The molecule has 84 valence electrons. The second-order valence-electron chi connectivity index (χ2n) is 4.51. The minimum Gasteiger partial charge on any atom is -0.327 e. The van der Waals surface area contributed by atoms with Crippen LogP contribution in [0, 0.1) is 5.92 Å². The standard InChI is InChI=1S/C10H21NO2S/c1-14(12,13)8-10(11)9-6-4-2-3-5-7-9/h9-10H,2-8,11H2,1H3. The Hall–Kier alpha value is -0.0900.